The molecule has 152 valence electrons. The Morgan fingerprint density at radius 1 is 0.935 bits per heavy atom. The summed E-state index contributed by atoms with van der Waals surface area (Å²) in [6.07, 6.45) is 3.46. The van der Waals surface area contributed by atoms with E-state index in [0.29, 0.717) is 39.3 Å². The molecule has 0 saturated heterocycles. The minimum absolute atomic E-state index is 0.151. The Bertz CT molecular complexity index is 1410. The van der Waals surface area contributed by atoms with Crippen LogP contribution in [0.3, 0.4) is 0 Å². The van der Waals surface area contributed by atoms with Crippen molar-refractivity contribution in [1.82, 2.24) is 19.5 Å². The topological polar surface area (TPSA) is 73.8 Å². The molecule has 0 bridgehead atoms. The molecule has 0 saturated carbocycles. The SMILES string of the molecule is Cc1ccc(-n2c(SCc3ncc(-c4ccccc4)o3)nc3ccccc3c2=O)nc1. The van der Waals surface area contributed by atoms with Gasteiger partial charge in [-0.3, -0.25) is 4.79 Å². The van der Waals surface area contributed by atoms with Crippen molar-refractivity contribution in [1.29, 1.82) is 0 Å². The number of hydrogen-bond donors (Lipinski definition) is 0. The zero-order valence-corrected chi connectivity index (χ0v) is 17.5. The molecule has 0 amide bonds. The second-order valence-corrected chi connectivity index (χ2v) is 7.96. The fourth-order valence-electron chi connectivity index (χ4n) is 3.24. The lowest BCUT2D eigenvalue weighted by Gasteiger charge is -2.12. The van der Waals surface area contributed by atoms with Crippen LogP contribution in [0.15, 0.2) is 93.5 Å². The summed E-state index contributed by atoms with van der Waals surface area (Å²) in [6.45, 7) is 1.96. The van der Waals surface area contributed by atoms with E-state index in [1.165, 1.54) is 11.8 Å². The average molecular weight is 427 g/mol. The van der Waals surface area contributed by atoms with Crippen LogP contribution in [0.5, 0.6) is 0 Å². The fourth-order valence-corrected chi connectivity index (χ4v) is 4.10. The van der Waals surface area contributed by atoms with Crippen molar-refractivity contribution in [2.24, 2.45) is 0 Å². The first-order valence-electron chi connectivity index (χ1n) is 9.77. The summed E-state index contributed by atoms with van der Waals surface area (Å²) in [5, 5.41) is 1.09. The second-order valence-electron chi connectivity index (χ2n) is 7.02. The smallest absolute Gasteiger partial charge is 0.267 e. The predicted molar refractivity (Wildman–Crippen MR) is 121 cm³/mol. The zero-order valence-electron chi connectivity index (χ0n) is 16.7. The van der Waals surface area contributed by atoms with Gasteiger partial charge in [-0.2, -0.15) is 0 Å². The Morgan fingerprint density at radius 3 is 2.55 bits per heavy atom. The van der Waals surface area contributed by atoms with Gasteiger partial charge in [-0.25, -0.2) is 19.5 Å². The van der Waals surface area contributed by atoms with Crippen LogP contribution < -0.4 is 5.56 Å². The average Bonchev–Trinajstić information content (AvgIpc) is 3.28. The van der Waals surface area contributed by atoms with Gasteiger partial charge >= 0.3 is 0 Å². The largest absolute Gasteiger partial charge is 0.440 e. The van der Waals surface area contributed by atoms with Gasteiger partial charge in [-0.1, -0.05) is 60.3 Å². The number of aromatic nitrogens is 4. The Morgan fingerprint density at radius 2 is 1.74 bits per heavy atom. The quantitative estimate of drug-likeness (QED) is 0.290. The lowest BCUT2D eigenvalue weighted by atomic mass is 10.2. The van der Waals surface area contributed by atoms with E-state index in [2.05, 4.69) is 9.97 Å². The number of hydrogen-bond acceptors (Lipinski definition) is 6. The summed E-state index contributed by atoms with van der Waals surface area (Å²) in [5.74, 6) is 2.24. The summed E-state index contributed by atoms with van der Waals surface area (Å²) in [4.78, 5) is 26.8. The molecular formula is C24H18N4O2S. The number of thioether (sulfide) groups is 1. The minimum Gasteiger partial charge on any atom is -0.440 e. The van der Waals surface area contributed by atoms with Crippen LogP contribution in [0.25, 0.3) is 28.0 Å². The van der Waals surface area contributed by atoms with Gasteiger partial charge in [0.1, 0.15) is 5.82 Å². The highest BCUT2D eigenvalue weighted by atomic mass is 32.2. The molecule has 0 aliphatic heterocycles. The van der Waals surface area contributed by atoms with Crippen LogP contribution in [-0.4, -0.2) is 19.5 Å². The molecular weight excluding hydrogens is 408 g/mol. The third-order valence-corrected chi connectivity index (χ3v) is 5.73. The summed E-state index contributed by atoms with van der Waals surface area (Å²) in [6, 6.07) is 20.9. The van der Waals surface area contributed by atoms with Crippen molar-refractivity contribution in [2.45, 2.75) is 17.8 Å². The monoisotopic (exact) mass is 426 g/mol. The molecule has 0 spiro atoms. The number of rotatable bonds is 5. The Kier molecular flexibility index (Phi) is 5.09. The predicted octanol–water partition coefficient (Wildman–Crippen LogP) is 5.04. The lowest BCUT2D eigenvalue weighted by Crippen LogP contribution is -2.22. The molecule has 5 aromatic rings. The highest BCUT2D eigenvalue weighted by Crippen LogP contribution is 2.26. The van der Waals surface area contributed by atoms with Gasteiger partial charge in [0.15, 0.2) is 10.9 Å². The first kappa shape index (κ1) is 19.3. The second kappa shape index (κ2) is 8.20. The van der Waals surface area contributed by atoms with Crippen molar-refractivity contribution in [3.8, 4) is 17.1 Å². The number of pyridine rings is 1. The molecule has 0 unspecified atom stereocenters. The fraction of sp³-hybridized carbons (Fsp3) is 0.0833. The van der Waals surface area contributed by atoms with E-state index in [9.17, 15) is 4.79 Å². The highest BCUT2D eigenvalue weighted by Gasteiger charge is 2.15. The molecule has 0 aliphatic carbocycles. The van der Waals surface area contributed by atoms with Gasteiger partial charge in [0.25, 0.3) is 5.56 Å². The van der Waals surface area contributed by atoms with Crippen LogP contribution in [0.1, 0.15) is 11.5 Å². The summed E-state index contributed by atoms with van der Waals surface area (Å²) >= 11 is 1.39. The molecule has 3 aromatic heterocycles. The molecule has 2 aromatic carbocycles. The van der Waals surface area contributed by atoms with Gasteiger partial charge in [0.05, 0.1) is 22.9 Å². The molecule has 5 rings (SSSR count). The van der Waals surface area contributed by atoms with Crippen molar-refractivity contribution in [2.75, 3.05) is 0 Å². The first-order chi connectivity index (χ1) is 15.2. The van der Waals surface area contributed by atoms with Gasteiger partial charge in [0, 0.05) is 11.8 Å². The molecule has 6 nitrogen and oxygen atoms in total. The van der Waals surface area contributed by atoms with Crippen molar-refractivity contribution in [3.05, 3.63) is 101 Å². The van der Waals surface area contributed by atoms with E-state index in [0.717, 1.165) is 11.1 Å². The van der Waals surface area contributed by atoms with Crippen molar-refractivity contribution >= 4 is 22.7 Å². The van der Waals surface area contributed by atoms with Gasteiger partial charge < -0.3 is 4.42 Å². The third kappa shape index (κ3) is 3.87. The highest BCUT2D eigenvalue weighted by molar-refractivity contribution is 7.98. The summed E-state index contributed by atoms with van der Waals surface area (Å²) in [7, 11) is 0. The summed E-state index contributed by atoms with van der Waals surface area (Å²) in [5.41, 5.74) is 2.49. The van der Waals surface area contributed by atoms with E-state index >= 15 is 0 Å². The van der Waals surface area contributed by atoms with Gasteiger partial charge in [-0.15, -0.1) is 0 Å². The van der Waals surface area contributed by atoms with E-state index in [1.54, 1.807) is 23.0 Å². The maximum Gasteiger partial charge on any atom is 0.267 e. The molecule has 0 fully saturated rings. The van der Waals surface area contributed by atoms with Gasteiger partial charge in [-0.05, 0) is 30.7 Å². The van der Waals surface area contributed by atoms with Crippen LogP contribution in [0.4, 0.5) is 0 Å². The number of benzene rings is 2. The molecule has 31 heavy (non-hydrogen) atoms. The molecule has 0 aliphatic rings. The molecule has 7 heteroatoms. The summed E-state index contributed by atoms with van der Waals surface area (Å²) < 4.78 is 7.46. The number of aryl methyl sites for hydroxylation is 1. The first-order valence-corrected chi connectivity index (χ1v) is 10.8. The van der Waals surface area contributed by atoms with Crippen LogP contribution in [-0.2, 0) is 5.75 Å². The van der Waals surface area contributed by atoms with Crippen LogP contribution in [0.2, 0.25) is 0 Å². The van der Waals surface area contributed by atoms with E-state index < -0.39 is 0 Å². The van der Waals surface area contributed by atoms with E-state index in [1.807, 2.05) is 67.6 Å². The maximum absolute atomic E-state index is 13.3. The lowest BCUT2D eigenvalue weighted by molar-refractivity contribution is 0.529. The number of fused-ring (bicyclic) bond motifs is 1. The molecule has 0 atom stereocenters. The normalized spacial score (nSPS) is 11.1. The van der Waals surface area contributed by atoms with E-state index in [-0.39, 0.29) is 5.56 Å². The molecule has 0 N–H and O–H groups in total. The molecule has 0 radical (unpaired) electrons. The van der Waals surface area contributed by atoms with Crippen molar-refractivity contribution < 1.29 is 4.42 Å². The van der Waals surface area contributed by atoms with Crippen molar-refractivity contribution in [3.63, 3.8) is 0 Å². The van der Waals surface area contributed by atoms with Gasteiger partial charge in [0.2, 0.25) is 5.89 Å². The maximum atomic E-state index is 13.3. The Balaban J connectivity index is 1.52. The Hall–Kier alpha value is -3.71. The Labute approximate surface area is 182 Å². The van der Waals surface area contributed by atoms with Crippen LogP contribution in [0, 0.1) is 6.92 Å². The number of para-hydroxylation sites is 1. The third-order valence-electron chi connectivity index (χ3n) is 4.81. The standard InChI is InChI=1S/C24H18N4O2S/c1-16-11-12-21(25-13-16)28-23(29)18-9-5-6-10-19(18)27-24(28)31-15-22-26-14-20(30-22)17-7-3-2-4-8-17/h2-14H,15H2,1H3. The minimum atomic E-state index is -0.151. The van der Waals surface area contributed by atoms with E-state index in [4.69, 9.17) is 9.40 Å². The number of oxazole rings is 1. The molecule has 3 heterocycles. The zero-order chi connectivity index (χ0) is 21.2. The van der Waals surface area contributed by atoms with Crippen LogP contribution >= 0.6 is 11.8 Å². The number of nitrogens with zero attached hydrogens (tertiary/aromatic N) is 4.